The van der Waals surface area contributed by atoms with Gasteiger partial charge in [0.15, 0.2) is 0 Å². The van der Waals surface area contributed by atoms with Gasteiger partial charge in [-0.1, -0.05) is 42.0 Å². The van der Waals surface area contributed by atoms with Crippen molar-refractivity contribution in [2.45, 2.75) is 13.5 Å². The van der Waals surface area contributed by atoms with Gasteiger partial charge in [-0.2, -0.15) is 0 Å². The number of aliphatic hydroxyl groups excluding tert-OH is 1. The van der Waals surface area contributed by atoms with Gasteiger partial charge >= 0.3 is 0 Å². The Balaban J connectivity index is 2.14. The van der Waals surface area contributed by atoms with E-state index in [9.17, 15) is 5.11 Å². The van der Waals surface area contributed by atoms with E-state index in [4.69, 9.17) is 0 Å². The van der Waals surface area contributed by atoms with Crippen LogP contribution < -0.4 is 4.90 Å². The smallest absolute Gasteiger partial charge is 0.140 e. The first-order chi connectivity index (χ1) is 10.2. The van der Waals surface area contributed by atoms with Gasteiger partial charge in [0.2, 0.25) is 0 Å². The molecule has 3 nitrogen and oxygen atoms in total. The summed E-state index contributed by atoms with van der Waals surface area (Å²) in [6, 6.07) is 16.4. The number of benzene rings is 2. The fourth-order valence-corrected chi connectivity index (χ4v) is 2.52. The summed E-state index contributed by atoms with van der Waals surface area (Å²) in [4.78, 5) is 6.61. The first-order valence-electron chi connectivity index (χ1n) is 6.98. The highest BCUT2D eigenvalue weighted by Crippen LogP contribution is 2.30. The molecule has 3 rings (SSSR count). The first kappa shape index (κ1) is 13.6. The normalized spacial score (nSPS) is 10.8. The molecule has 0 saturated heterocycles. The number of aliphatic hydroxyl groups is 1. The number of nitrogens with zero attached hydrogens (tertiary/aromatic N) is 2. The Kier molecular flexibility index (Phi) is 3.59. The van der Waals surface area contributed by atoms with Crippen molar-refractivity contribution in [2.24, 2.45) is 0 Å². The SMILES string of the molecule is Cc1ccc(N(C)c2ncc(CO)c3ccccc23)cc1. The molecular weight excluding hydrogens is 260 g/mol. The summed E-state index contributed by atoms with van der Waals surface area (Å²) >= 11 is 0. The second kappa shape index (κ2) is 5.54. The summed E-state index contributed by atoms with van der Waals surface area (Å²) in [6.07, 6.45) is 1.75. The van der Waals surface area contributed by atoms with Crippen molar-refractivity contribution in [2.75, 3.05) is 11.9 Å². The number of fused-ring (bicyclic) bond motifs is 1. The molecule has 21 heavy (non-hydrogen) atoms. The third-order valence-electron chi connectivity index (χ3n) is 3.77. The molecule has 0 bridgehead atoms. The third kappa shape index (κ3) is 2.48. The molecule has 106 valence electrons. The lowest BCUT2D eigenvalue weighted by molar-refractivity contribution is 0.283. The van der Waals surface area contributed by atoms with Crippen LogP contribution in [-0.2, 0) is 6.61 Å². The van der Waals surface area contributed by atoms with Crippen molar-refractivity contribution in [3.05, 3.63) is 65.9 Å². The summed E-state index contributed by atoms with van der Waals surface area (Å²) in [5.74, 6) is 0.895. The molecule has 0 aliphatic heterocycles. The van der Waals surface area contributed by atoms with Crippen LogP contribution in [0.25, 0.3) is 10.8 Å². The van der Waals surface area contributed by atoms with E-state index in [-0.39, 0.29) is 6.61 Å². The molecular formula is C18H18N2O. The van der Waals surface area contributed by atoms with E-state index in [1.807, 2.05) is 31.3 Å². The lowest BCUT2D eigenvalue weighted by Gasteiger charge is -2.21. The predicted octanol–water partition coefficient (Wildman–Crippen LogP) is 3.80. The summed E-state index contributed by atoms with van der Waals surface area (Å²) in [7, 11) is 2.01. The van der Waals surface area contributed by atoms with Gasteiger partial charge in [-0.05, 0) is 24.4 Å². The van der Waals surface area contributed by atoms with E-state index in [2.05, 4.69) is 41.1 Å². The molecule has 2 aromatic carbocycles. The Morgan fingerprint density at radius 1 is 1.00 bits per heavy atom. The molecule has 0 aliphatic rings. The van der Waals surface area contributed by atoms with E-state index in [0.717, 1.165) is 27.8 Å². The Hall–Kier alpha value is -2.39. The third-order valence-corrected chi connectivity index (χ3v) is 3.77. The molecule has 0 saturated carbocycles. The van der Waals surface area contributed by atoms with Crippen LogP contribution in [-0.4, -0.2) is 17.1 Å². The van der Waals surface area contributed by atoms with Crippen molar-refractivity contribution in [1.29, 1.82) is 0 Å². The average molecular weight is 278 g/mol. The van der Waals surface area contributed by atoms with E-state index in [1.165, 1.54) is 5.56 Å². The van der Waals surface area contributed by atoms with Crippen LogP contribution in [0.5, 0.6) is 0 Å². The van der Waals surface area contributed by atoms with E-state index in [0.29, 0.717) is 0 Å². The number of pyridine rings is 1. The zero-order chi connectivity index (χ0) is 14.8. The summed E-state index contributed by atoms with van der Waals surface area (Å²) in [5.41, 5.74) is 3.18. The van der Waals surface area contributed by atoms with Gasteiger partial charge in [0.25, 0.3) is 0 Å². The quantitative estimate of drug-likeness (QED) is 0.791. The Morgan fingerprint density at radius 3 is 2.33 bits per heavy atom. The van der Waals surface area contributed by atoms with Gasteiger partial charge in [-0.15, -0.1) is 0 Å². The first-order valence-corrected chi connectivity index (χ1v) is 6.98. The molecule has 0 spiro atoms. The highest BCUT2D eigenvalue weighted by Gasteiger charge is 2.11. The fourth-order valence-electron chi connectivity index (χ4n) is 2.52. The number of aryl methyl sites for hydroxylation is 1. The maximum absolute atomic E-state index is 9.46. The molecule has 1 N–H and O–H groups in total. The molecule has 0 amide bonds. The van der Waals surface area contributed by atoms with Crippen LogP contribution >= 0.6 is 0 Å². The van der Waals surface area contributed by atoms with Gasteiger partial charge in [0.1, 0.15) is 5.82 Å². The molecule has 0 aliphatic carbocycles. The van der Waals surface area contributed by atoms with Crippen LogP contribution in [0.1, 0.15) is 11.1 Å². The van der Waals surface area contributed by atoms with Crippen molar-refractivity contribution < 1.29 is 5.11 Å². The van der Waals surface area contributed by atoms with Crippen molar-refractivity contribution >= 4 is 22.3 Å². The lowest BCUT2D eigenvalue weighted by atomic mass is 10.1. The molecule has 1 aromatic heterocycles. The molecule has 3 aromatic rings. The molecule has 0 radical (unpaired) electrons. The van der Waals surface area contributed by atoms with Crippen molar-refractivity contribution in [1.82, 2.24) is 4.98 Å². The van der Waals surface area contributed by atoms with Crippen LogP contribution in [0.3, 0.4) is 0 Å². The summed E-state index contributed by atoms with van der Waals surface area (Å²) < 4.78 is 0. The van der Waals surface area contributed by atoms with Gasteiger partial charge in [-0.3, -0.25) is 0 Å². The summed E-state index contributed by atoms with van der Waals surface area (Å²) in [6.45, 7) is 2.08. The molecule has 1 heterocycles. The predicted molar refractivity (Wildman–Crippen MR) is 86.9 cm³/mol. The van der Waals surface area contributed by atoms with Gasteiger partial charge in [0.05, 0.1) is 6.61 Å². The second-order valence-electron chi connectivity index (χ2n) is 5.21. The standard InChI is InChI=1S/C18H18N2O/c1-13-7-9-15(10-8-13)20(2)18-17-6-4-3-5-16(17)14(12-21)11-19-18/h3-11,21H,12H2,1-2H3. The van der Waals surface area contributed by atoms with Gasteiger partial charge < -0.3 is 10.0 Å². The van der Waals surface area contributed by atoms with Gasteiger partial charge in [0, 0.05) is 29.9 Å². The van der Waals surface area contributed by atoms with Crippen LogP contribution in [0.2, 0.25) is 0 Å². The Morgan fingerprint density at radius 2 is 1.67 bits per heavy atom. The minimum absolute atomic E-state index is 0.00202. The molecule has 0 fully saturated rings. The maximum atomic E-state index is 9.46. The average Bonchev–Trinajstić information content (AvgIpc) is 2.54. The van der Waals surface area contributed by atoms with E-state index < -0.39 is 0 Å². The minimum atomic E-state index is 0.00202. The Labute approximate surface area is 124 Å². The molecule has 0 unspecified atom stereocenters. The second-order valence-corrected chi connectivity index (χ2v) is 5.21. The Bertz CT molecular complexity index is 766. The minimum Gasteiger partial charge on any atom is -0.392 e. The zero-order valence-electron chi connectivity index (χ0n) is 12.2. The van der Waals surface area contributed by atoms with Crippen LogP contribution in [0, 0.1) is 6.92 Å². The van der Waals surface area contributed by atoms with E-state index in [1.54, 1.807) is 6.20 Å². The summed E-state index contributed by atoms with van der Waals surface area (Å²) in [5, 5.41) is 11.6. The zero-order valence-corrected chi connectivity index (χ0v) is 12.2. The highest BCUT2D eigenvalue weighted by molar-refractivity contribution is 5.95. The monoisotopic (exact) mass is 278 g/mol. The maximum Gasteiger partial charge on any atom is 0.140 e. The largest absolute Gasteiger partial charge is 0.392 e. The topological polar surface area (TPSA) is 36.4 Å². The highest BCUT2D eigenvalue weighted by atomic mass is 16.3. The van der Waals surface area contributed by atoms with E-state index >= 15 is 0 Å². The molecule has 3 heteroatoms. The number of hydrogen-bond donors (Lipinski definition) is 1. The number of hydrogen-bond acceptors (Lipinski definition) is 3. The van der Waals surface area contributed by atoms with Crippen molar-refractivity contribution in [3.8, 4) is 0 Å². The van der Waals surface area contributed by atoms with Crippen LogP contribution in [0.4, 0.5) is 11.5 Å². The van der Waals surface area contributed by atoms with Crippen LogP contribution in [0.15, 0.2) is 54.7 Å². The number of anilines is 2. The number of rotatable bonds is 3. The van der Waals surface area contributed by atoms with Gasteiger partial charge in [-0.25, -0.2) is 4.98 Å². The van der Waals surface area contributed by atoms with Crippen molar-refractivity contribution in [3.63, 3.8) is 0 Å². The molecule has 0 atom stereocenters. The number of aromatic nitrogens is 1. The lowest BCUT2D eigenvalue weighted by Crippen LogP contribution is -2.12. The fraction of sp³-hybridized carbons (Fsp3) is 0.167.